The third-order valence-corrected chi connectivity index (χ3v) is 5.14. The number of nitrogens with zero attached hydrogens (tertiary/aromatic N) is 2. The van der Waals surface area contributed by atoms with E-state index in [0.29, 0.717) is 12.6 Å². The maximum Gasteiger partial charge on any atom is 0.0682 e. The average molecular weight is 284 g/mol. The van der Waals surface area contributed by atoms with Gasteiger partial charge in [0, 0.05) is 37.7 Å². The molecule has 0 spiro atoms. The first kappa shape index (κ1) is 16.2. The van der Waals surface area contributed by atoms with Gasteiger partial charge in [-0.25, -0.2) is 0 Å². The van der Waals surface area contributed by atoms with Crippen LogP contribution in [0.15, 0.2) is 0 Å². The second-order valence-electron chi connectivity index (χ2n) is 7.59. The second-order valence-corrected chi connectivity index (χ2v) is 7.59. The van der Waals surface area contributed by atoms with Crippen LogP contribution >= 0.6 is 0 Å². The van der Waals surface area contributed by atoms with Crippen LogP contribution in [0, 0.1) is 11.3 Å². The molecule has 20 heavy (non-hydrogen) atoms. The topological polar surface area (TPSA) is 46.9 Å². The van der Waals surface area contributed by atoms with Crippen LogP contribution in [0.2, 0.25) is 0 Å². The Hall–Kier alpha value is -0.160. The minimum absolute atomic E-state index is 0.0618. The fourth-order valence-corrected chi connectivity index (χ4v) is 4.30. The summed E-state index contributed by atoms with van der Waals surface area (Å²) in [6.45, 7) is 5.31. The number of hydrogen-bond acceptors (Lipinski definition) is 4. The van der Waals surface area contributed by atoms with Crippen LogP contribution < -0.4 is 0 Å². The zero-order valence-corrected chi connectivity index (χ0v) is 13.4. The second kappa shape index (κ2) is 6.73. The number of likely N-dealkylation sites (tertiary alicyclic amines) is 1. The molecule has 4 heteroatoms. The molecule has 118 valence electrons. The Bertz CT molecular complexity index is 311. The van der Waals surface area contributed by atoms with Crippen molar-refractivity contribution in [3.63, 3.8) is 0 Å². The number of β-amino-alcohol motifs (C(OH)–C–C–N with tert-alkyl or cyclic N) is 1. The molecular formula is C16H32N2O2. The van der Waals surface area contributed by atoms with Crippen LogP contribution in [0.25, 0.3) is 0 Å². The molecule has 2 fully saturated rings. The zero-order valence-electron chi connectivity index (χ0n) is 13.4. The molecule has 0 amide bonds. The van der Waals surface area contributed by atoms with E-state index >= 15 is 0 Å². The van der Waals surface area contributed by atoms with E-state index < -0.39 is 0 Å². The van der Waals surface area contributed by atoms with E-state index in [1.807, 2.05) is 0 Å². The maximum atomic E-state index is 10.00. The first-order chi connectivity index (χ1) is 9.44. The van der Waals surface area contributed by atoms with Gasteiger partial charge in [0.1, 0.15) is 0 Å². The van der Waals surface area contributed by atoms with Gasteiger partial charge in [-0.15, -0.1) is 0 Å². The largest absolute Gasteiger partial charge is 0.396 e. The summed E-state index contributed by atoms with van der Waals surface area (Å²) in [5, 5.41) is 20.0. The maximum absolute atomic E-state index is 10.00. The molecule has 0 aromatic carbocycles. The highest BCUT2D eigenvalue weighted by Crippen LogP contribution is 2.40. The summed E-state index contributed by atoms with van der Waals surface area (Å²) in [6.07, 6.45) is 5.47. The molecule has 0 radical (unpaired) electrons. The molecule has 4 unspecified atom stereocenters. The first-order valence-corrected chi connectivity index (χ1v) is 8.12. The van der Waals surface area contributed by atoms with Crippen molar-refractivity contribution in [1.82, 2.24) is 9.80 Å². The monoisotopic (exact) mass is 284 g/mol. The fraction of sp³-hybridized carbons (Fsp3) is 1.00. The summed E-state index contributed by atoms with van der Waals surface area (Å²) in [7, 11) is 4.18. The Morgan fingerprint density at radius 2 is 2.10 bits per heavy atom. The van der Waals surface area contributed by atoms with Crippen LogP contribution in [-0.2, 0) is 0 Å². The predicted octanol–water partition coefficient (Wildman–Crippen LogP) is 1.17. The van der Waals surface area contributed by atoms with Gasteiger partial charge >= 0.3 is 0 Å². The molecule has 1 saturated heterocycles. The van der Waals surface area contributed by atoms with Crippen molar-refractivity contribution in [1.29, 1.82) is 0 Å². The predicted molar refractivity (Wildman–Crippen MR) is 81.7 cm³/mol. The van der Waals surface area contributed by atoms with Crippen LogP contribution in [0.1, 0.15) is 39.0 Å². The minimum Gasteiger partial charge on any atom is -0.396 e. The first-order valence-electron chi connectivity index (χ1n) is 8.12. The van der Waals surface area contributed by atoms with Crippen LogP contribution in [-0.4, -0.2) is 72.5 Å². The quantitative estimate of drug-likeness (QED) is 0.796. The highest BCUT2D eigenvalue weighted by molar-refractivity contribution is 4.94. The molecule has 1 saturated carbocycles. The van der Waals surface area contributed by atoms with Crippen LogP contribution in [0.5, 0.6) is 0 Å². The summed E-state index contributed by atoms with van der Waals surface area (Å²) >= 11 is 0. The van der Waals surface area contributed by atoms with Crippen molar-refractivity contribution < 1.29 is 10.2 Å². The Balaban J connectivity index is 2.01. The third kappa shape index (κ3) is 3.94. The number of aliphatic hydroxyl groups is 2. The van der Waals surface area contributed by atoms with E-state index in [2.05, 4.69) is 30.8 Å². The summed E-state index contributed by atoms with van der Waals surface area (Å²) < 4.78 is 0. The van der Waals surface area contributed by atoms with Crippen molar-refractivity contribution in [3.05, 3.63) is 0 Å². The molecule has 1 heterocycles. The lowest BCUT2D eigenvalue weighted by Gasteiger charge is -2.43. The third-order valence-electron chi connectivity index (χ3n) is 5.14. The smallest absolute Gasteiger partial charge is 0.0682 e. The zero-order chi connectivity index (χ0) is 14.8. The van der Waals surface area contributed by atoms with Crippen molar-refractivity contribution in [3.8, 4) is 0 Å². The number of hydrogen-bond donors (Lipinski definition) is 2. The fourth-order valence-electron chi connectivity index (χ4n) is 4.30. The Kier molecular flexibility index (Phi) is 5.46. The number of aliphatic hydroxyl groups excluding tert-OH is 2. The highest BCUT2D eigenvalue weighted by Gasteiger charge is 2.40. The molecule has 1 aliphatic heterocycles. The van der Waals surface area contributed by atoms with Gasteiger partial charge in [-0.05, 0) is 39.3 Å². The van der Waals surface area contributed by atoms with E-state index in [9.17, 15) is 10.2 Å². The molecular weight excluding hydrogens is 252 g/mol. The lowest BCUT2D eigenvalue weighted by molar-refractivity contribution is 0.0154. The molecule has 2 aliphatic rings. The lowest BCUT2D eigenvalue weighted by Crippen LogP contribution is -2.47. The standard InChI is InChI=1S/C16H32N2O2/c1-13-5-4-6-16(8-13,12-19)11-18-10-15(20)7-14(18)9-17(2)3/h13-15,19-20H,4-12H2,1-3H3. The van der Waals surface area contributed by atoms with Gasteiger partial charge in [0.2, 0.25) is 0 Å². The molecule has 0 aromatic rings. The van der Waals surface area contributed by atoms with E-state index in [4.69, 9.17) is 0 Å². The summed E-state index contributed by atoms with van der Waals surface area (Å²) in [6, 6.07) is 0.431. The normalized spacial score (nSPS) is 39.6. The average Bonchev–Trinajstić information content (AvgIpc) is 2.68. The van der Waals surface area contributed by atoms with Crippen LogP contribution in [0.3, 0.4) is 0 Å². The van der Waals surface area contributed by atoms with Crippen LogP contribution in [0.4, 0.5) is 0 Å². The van der Waals surface area contributed by atoms with E-state index in [0.717, 1.165) is 44.8 Å². The Morgan fingerprint density at radius 3 is 2.70 bits per heavy atom. The van der Waals surface area contributed by atoms with E-state index in [1.165, 1.54) is 12.8 Å². The van der Waals surface area contributed by atoms with Gasteiger partial charge in [-0.3, -0.25) is 4.90 Å². The molecule has 2 rings (SSSR count). The summed E-state index contributed by atoms with van der Waals surface area (Å²) in [5.41, 5.74) is 0.0618. The van der Waals surface area contributed by atoms with Crippen molar-refractivity contribution in [2.45, 2.75) is 51.2 Å². The Labute approximate surface area is 123 Å². The molecule has 0 bridgehead atoms. The molecule has 4 atom stereocenters. The van der Waals surface area contributed by atoms with Gasteiger partial charge in [-0.2, -0.15) is 0 Å². The molecule has 1 aliphatic carbocycles. The molecule has 4 nitrogen and oxygen atoms in total. The van der Waals surface area contributed by atoms with Gasteiger partial charge in [0.25, 0.3) is 0 Å². The van der Waals surface area contributed by atoms with Crippen molar-refractivity contribution in [2.75, 3.05) is 40.3 Å². The molecule has 0 aromatic heterocycles. The molecule has 2 N–H and O–H groups in total. The van der Waals surface area contributed by atoms with Gasteiger partial charge in [-0.1, -0.05) is 19.8 Å². The van der Waals surface area contributed by atoms with E-state index in [-0.39, 0.29) is 11.5 Å². The lowest BCUT2D eigenvalue weighted by atomic mass is 9.70. The van der Waals surface area contributed by atoms with Gasteiger partial charge in [0.05, 0.1) is 6.10 Å². The summed E-state index contributed by atoms with van der Waals surface area (Å²) in [5.74, 6) is 0.718. The highest BCUT2D eigenvalue weighted by atomic mass is 16.3. The van der Waals surface area contributed by atoms with Gasteiger partial charge in [0.15, 0.2) is 0 Å². The SMILES string of the molecule is CC1CCCC(CO)(CN2CC(O)CC2CN(C)C)C1. The minimum atomic E-state index is -0.197. The van der Waals surface area contributed by atoms with Crippen molar-refractivity contribution in [2.24, 2.45) is 11.3 Å². The Morgan fingerprint density at radius 1 is 1.35 bits per heavy atom. The van der Waals surface area contributed by atoms with Gasteiger partial charge < -0.3 is 15.1 Å². The number of likely N-dealkylation sites (N-methyl/N-ethyl adjacent to an activating group) is 1. The number of rotatable bonds is 5. The summed E-state index contributed by atoms with van der Waals surface area (Å²) in [4.78, 5) is 4.63. The van der Waals surface area contributed by atoms with E-state index in [1.54, 1.807) is 0 Å². The van der Waals surface area contributed by atoms with Crippen molar-refractivity contribution >= 4 is 0 Å².